The second-order valence-corrected chi connectivity index (χ2v) is 2.90. The van der Waals surface area contributed by atoms with E-state index in [1.54, 1.807) is 6.07 Å². The zero-order chi connectivity index (χ0) is 10.8. The number of hydrogen-bond acceptors (Lipinski definition) is 3. The zero-order valence-corrected chi connectivity index (χ0v) is 7.61. The molecule has 5 heteroatoms. The first kappa shape index (κ1) is 9.51. The van der Waals surface area contributed by atoms with E-state index in [9.17, 15) is 8.78 Å². The Morgan fingerprint density at radius 3 is 2.53 bits per heavy atom. The van der Waals surface area contributed by atoms with Crippen LogP contribution in [0.2, 0.25) is 0 Å². The van der Waals surface area contributed by atoms with Gasteiger partial charge in [-0.15, -0.1) is 0 Å². The highest BCUT2D eigenvalue weighted by atomic mass is 19.1. The van der Waals surface area contributed by atoms with Crippen molar-refractivity contribution >= 4 is 5.82 Å². The molecule has 15 heavy (non-hydrogen) atoms. The van der Waals surface area contributed by atoms with Gasteiger partial charge in [-0.1, -0.05) is 12.1 Å². The molecule has 1 aromatic carbocycles. The number of halogens is 2. The Morgan fingerprint density at radius 2 is 1.80 bits per heavy atom. The highest BCUT2D eigenvalue weighted by Gasteiger charge is 2.13. The summed E-state index contributed by atoms with van der Waals surface area (Å²) >= 11 is 0. The highest BCUT2D eigenvalue weighted by molar-refractivity contribution is 5.63. The van der Waals surface area contributed by atoms with Crippen molar-refractivity contribution in [3.63, 3.8) is 0 Å². The van der Waals surface area contributed by atoms with Gasteiger partial charge in [-0.25, -0.2) is 18.7 Å². The summed E-state index contributed by atoms with van der Waals surface area (Å²) in [7, 11) is 0. The molecule has 0 spiro atoms. The van der Waals surface area contributed by atoms with Crippen molar-refractivity contribution in [2.75, 3.05) is 5.73 Å². The van der Waals surface area contributed by atoms with Crippen LogP contribution in [-0.2, 0) is 0 Å². The summed E-state index contributed by atoms with van der Waals surface area (Å²) in [6, 6.07) is 5.77. The summed E-state index contributed by atoms with van der Waals surface area (Å²) in [5.74, 6) is -1.64. The van der Waals surface area contributed by atoms with Crippen LogP contribution >= 0.6 is 0 Å². The maximum Gasteiger partial charge on any atom is 0.191 e. The summed E-state index contributed by atoms with van der Waals surface area (Å²) in [6.45, 7) is 0. The number of nitrogen functional groups attached to an aromatic ring is 1. The van der Waals surface area contributed by atoms with E-state index in [1.807, 2.05) is 0 Å². The second-order valence-electron chi connectivity index (χ2n) is 2.90. The maximum absolute atomic E-state index is 13.5. The normalized spacial score (nSPS) is 10.3. The average molecular weight is 207 g/mol. The van der Waals surface area contributed by atoms with Crippen molar-refractivity contribution in [3.8, 4) is 11.3 Å². The molecule has 2 rings (SSSR count). The van der Waals surface area contributed by atoms with E-state index in [2.05, 4.69) is 9.97 Å². The van der Waals surface area contributed by atoms with Gasteiger partial charge in [-0.3, -0.25) is 0 Å². The summed E-state index contributed by atoms with van der Waals surface area (Å²) in [4.78, 5) is 7.13. The Labute approximate surface area is 84.6 Å². The molecule has 0 radical (unpaired) electrons. The van der Waals surface area contributed by atoms with E-state index in [1.165, 1.54) is 18.2 Å². The number of hydrogen-bond donors (Lipinski definition) is 1. The van der Waals surface area contributed by atoms with Crippen LogP contribution in [0.1, 0.15) is 0 Å². The Kier molecular flexibility index (Phi) is 2.29. The van der Waals surface area contributed by atoms with Gasteiger partial charge in [0, 0.05) is 5.56 Å². The molecule has 76 valence electrons. The molecule has 0 aliphatic heterocycles. The minimum atomic E-state index is -0.803. The van der Waals surface area contributed by atoms with Crippen LogP contribution in [0.25, 0.3) is 11.3 Å². The minimum Gasteiger partial charge on any atom is -0.381 e. The van der Waals surface area contributed by atoms with E-state index in [-0.39, 0.29) is 17.1 Å². The molecule has 0 aliphatic carbocycles. The van der Waals surface area contributed by atoms with E-state index in [0.717, 1.165) is 6.33 Å². The Bertz CT molecular complexity index is 500. The predicted molar refractivity (Wildman–Crippen MR) is 51.8 cm³/mol. The fourth-order valence-corrected chi connectivity index (χ4v) is 1.22. The molecular weight excluding hydrogens is 200 g/mol. The number of nitrogens with two attached hydrogens (primary N) is 1. The van der Waals surface area contributed by atoms with Crippen LogP contribution in [0.15, 0.2) is 30.6 Å². The molecular formula is C10H7F2N3. The van der Waals surface area contributed by atoms with Crippen LogP contribution in [-0.4, -0.2) is 9.97 Å². The summed E-state index contributed by atoms with van der Waals surface area (Å²) in [5, 5.41) is 0. The van der Waals surface area contributed by atoms with E-state index < -0.39 is 11.6 Å². The minimum absolute atomic E-state index is 0.0732. The second kappa shape index (κ2) is 3.61. The molecule has 0 saturated heterocycles. The molecule has 0 bridgehead atoms. The monoisotopic (exact) mass is 207 g/mol. The molecule has 0 amide bonds. The van der Waals surface area contributed by atoms with Crippen molar-refractivity contribution < 1.29 is 8.78 Å². The molecule has 1 heterocycles. The van der Waals surface area contributed by atoms with E-state index >= 15 is 0 Å². The number of benzene rings is 1. The number of nitrogens with zero attached hydrogens (tertiary/aromatic N) is 2. The third-order valence-electron chi connectivity index (χ3n) is 1.95. The zero-order valence-electron chi connectivity index (χ0n) is 7.61. The van der Waals surface area contributed by atoms with Crippen LogP contribution in [0.3, 0.4) is 0 Å². The quantitative estimate of drug-likeness (QED) is 0.778. The molecule has 0 aliphatic rings. The summed E-state index contributed by atoms with van der Waals surface area (Å²) in [5.41, 5.74) is 5.21. The largest absolute Gasteiger partial charge is 0.381 e. The van der Waals surface area contributed by atoms with Crippen molar-refractivity contribution in [3.05, 3.63) is 42.2 Å². The topological polar surface area (TPSA) is 51.8 Å². The van der Waals surface area contributed by atoms with Gasteiger partial charge in [0.05, 0.1) is 0 Å². The SMILES string of the molecule is Nc1ncnc(-c2ccccc2F)c1F. The van der Waals surface area contributed by atoms with Gasteiger partial charge >= 0.3 is 0 Å². The van der Waals surface area contributed by atoms with Crippen LogP contribution in [0.5, 0.6) is 0 Å². The summed E-state index contributed by atoms with van der Waals surface area (Å²) in [6.07, 6.45) is 1.10. The molecule has 0 atom stereocenters. The molecule has 1 aromatic heterocycles. The fraction of sp³-hybridized carbons (Fsp3) is 0. The molecule has 3 nitrogen and oxygen atoms in total. The lowest BCUT2D eigenvalue weighted by Gasteiger charge is -2.04. The average Bonchev–Trinajstić information content (AvgIpc) is 2.23. The molecule has 0 saturated carbocycles. The third kappa shape index (κ3) is 1.63. The summed E-state index contributed by atoms with van der Waals surface area (Å²) < 4.78 is 26.8. The standard InChI is InChI=1S/C10H7F2N3/c11-7-4-2-1-3-6(7)9-8(12)10(13)15-5-14-9/h1-5H,(H2,13,14,15). The predicted octanol–water partition coefficient (Wildman–Crippen LogP) is 2.00. The van der Waals surface area contributed by atoms with Crippen molar-refractivity contribution in [2.45, 2.75) is 0 Å². The van der Waals surface area contributed by atoms with Gasteiger partial charge in [-0.05, 0) is 12.1 Å². The van der Waals surface area contributed by atoms with Crippen molar-refractivity contribution in [1.82, 2.24) is 9.97 Å². The fourth-order valence-electron chi connectivity index (χ4n) is 1.22. The van der Waals surface area contributed by atoms with Gasteiger partial charge in [-0.2, -0.15) is 0 Å². The maximum atomic E-state index is 13.5. The molecule has 2 aromatic rings. The van der Waals surface area contributed by atoms with Crippen molar-refractivity contribution in [1.29, 1.82) is 0 Å². The number of anilines is 1. The van der Waals surface area contributed by atoms with Gasteiger partial charge in [0.1, 0.15) is 17.8 Å². The van der Waals surface area contributed by atoms with Crippen LogP contribution in [0, 0.1) is 11.6 Å². The van der Waals surface area contributed by atoms with Crippen molar-refractivity contribution in [2.24, 2.45) is 0 Å². The third-order valence-corrected chi connectivity index (χ3v) is 1.95. The highest BCUT2D eigenvalue weighted by Crippen LogP contribution is 2.24. The van der Waals surface area contributed by atoms with Gasteiger partial charge in [0.15, 0.2) is 11.6 Å². The number of aromatic nitrogens is 2. The molecule has 0 unspecified atom stereocenters. The lowest BCUT2D eigenvalue weighted by atomic mass is 10.1. The lowest BCUT2D eigenvalue weighted by molar-refractivity contribution is 0.610. The lowest BCUT2D eigenvalue weighted by Crippen LogP contribution is -2.00. The number of rotatable bonds is 1. The van der Waals surface area contributed by atoms with E-state index in [0.29, 0.717) is 0 Å². The first-order valence-corrected chi connectivity index (χ1v) is 4.21. The molecule has 0 fully saturated rings. The van der Waals surface area contributed by atoms with Gasteiger partial charge < -0.3 is 5.73 Å². The smallest absolute Gasteiger partial charge is 0.191 e. The first-order chi connectivity index (χ1) is 7.20. The van der Waals surface area contributed by atoms with Crippen LogP contribution in [0.4, 0.5) is 14.6 Å². The molecule has 2 N–H and O–H groups in total. The van der Waals surface area contributed by atoms with Gasteiger partial charge in [0.2, 0.25) is 0 Å². The Hall–Kier alpha value is -2.04. The van der Waals surface area contributed by atoms with E-state index in [4.69, 9.17) is 5.73 Å². The van der Waals surface area contributed by atoms with Gasteiger partial charge in [0.25, 0.3) is 0 Å². The Morgan fingerprint density at radius 1 is 1.07 bits per heavy atom. The first-order valence-electron chi connectivity index (χ1n) is 4.21. The van der Waals surface area contributed by atoms with Crippen LogP contribution < -0.4 is 5.73 Å². The Balaban J connectivity index is 2.65.